The van der Waals surface area contributed by atoms with E-state index in [2.05, 4.69) is 15.3 Å². The SMILES string of the molecule is Cc1cc(C)n2cnc(C(=O)Nc3ccc(O)c(C=N)c3)c2n1. The van der Waals surface area contributed by atoms with Crippen LogP contribution in [0.5, 0.6) is 5.75 Å². The summed E-state index contributed by atoms with van der Waals surface area (Å²) >= 11 is 0. The molecule has 3 aromatic rings. The van der Waals surface area contributed by atoms with Crippen LogP contribution in [-0.4, -0.2) is 31.6 Å². The molecule has 0 atom stereocenters. The molecule has 0 bridgehead atoms. The van der Waals surface area contributed by atoms with Gasteiger partial charge < -0.3 is 15.8 Å². The van der Waals surface area contributed by atoms with Crippen molar-refractivity contribution in [3.63, 3.8) is 0 Å². The van der Waals surface area contributed by atoms with E-state index in [4.69, 9.17) is 5.41 Å². The fraction of sp³-hybridized carbons (Fsp3) is 0.125. The largest absolute Gasteiger partial charge is 0.507 e. The maximum absolute atomic E-state index is 12.4. The van der Waals surface area contributed by atoms with Crippen molar-refractivity contribution in [1.82, 2.24) is 14.4 Å². The second kappa shape index (κ2) is 5.53. The third kappa shape index (κ3) is 2.64. The van der Waals surface area contributed by atoms with Gasteiger partial charge in [0.25, 0.3) is 5.91 Å². The molecular weight excluding hydrogens is 294 g/mol. The van der Waals surface area contributed by atoms with Gasteiger partial charge in [0.2, 0.25) is 0 Å². The first-order chi connectivity index (χ1) is 11.0. The normalized spacial score (nSPS) is 10.7. The summed E-state index contributed by atoms with van der Waals surface area (Å²) in [4.78, 5) is 21.0. The molecule has 7 heteroatoms. The lowest BCUT2D eigenvalue weighted by molar-refractivity contribution is 0.102. The average Bonchev–Trinajstić information content (AvgIpc) is 2.93. The highest BCUT2D eigenvalue weighted by molar-refractivity contribution is 6.07. The number of carbonyl (C=O) groups excluding carboxylic acids is 1. The number of rotatable bonds is 3. The quantitative estimate of drug-likeness (QED) is 0.510. The second-order valence-electron chi connectivity index (χ2n) is 5.20. The first-order valence-corrected chi connectivity index (χ1v) is 6.95. The Labute approximate surface area is 132 Å². The van der Waals surface area contributed by atoms with Gasteiger partial charge in [0.15, 0.2) is 11.3 Å². The Morgan fingerprint density at radius 3 is 2.87 bits per heavy atom. The van der Waals surface area contributed by atoms with Crippen LogP contribution in [-0.2, 0) is 0 Å². The molecule has 1 aromatic carbocycles. The number of aromatic hydroxyl groups is 1. The highest BCUT2D eigenvalue weighted by Gasteiger charge is 2.16. The summed E-state index contributed by atoms with van der Waals surface area (Å²) in [7, 11) is 0. The number of phenolic OH excluding ortho intramolecular Hbond substituents is 1. The van der Waals surface area contributed by atoms with Crippen molar-refractivity contribution in [2.45, 2.75) is 13.8 Å². The van der Waals surface area contributed by atoms with E-state index in [1.807, 2.05) is 19.9 Å². The molecule has 3 N–H and O–H groups in total. The molecule has 1 amide bonds. The number of nitrogens with zero attached hydrogens (tertiary/aromatic N) is 3. The van der Waals surface area contributed by atoms with Crippen LogP contribution in [0.15, 0.2) is 30.6 Å². The lowest BCUT2D eigenvalue weighted by Gasteiger charge is -2.06. The number of aromatic nitrogens is 3. The van der Waals surface area contributed by atoms with Crippen molar-refractivity contribution in [1.29, 1.82) is 5.41 Å². The molecule has 0 fully saturated rings. The van der Waals surface area contributed by atoms with Crippen LogP contribution in [0.25, 0.3) is 5.65 Å². The van der Waals surface area contributed by atoms with Crippen LogP contribution < -0.4 is 5.32 Å². The van der Waals surface area contributed by atoms with E-state index in [1.165, 1.54) is 12.1 Å². The molecule has 0 radical (unpaired) electrons. The minimum atomic E-state index is -0.397. The average molecular weight is 309 g/mol. The molecule has 23 heavy (non-hydrogen) atoms. The standard InChI is InChI=1S/C16H15N5O2/c1-9-5-10(2)21-8-18-14(15(21)19-9)16(23)20-12-3-4-13(22)11(6-12)7-17/h3-8,17,22H,1-2H3,(H,20,23). The van der Waals surface area contributed by atoms with Crippen molar-refractivity contribution < 1.29 is 9.90 Å². The van der Waals surface area contributed by atoms with E-state index in [1.54, 1.807) is 16.8 Å². The lowest BCUT2D eigenvalue weighted by atomic mass is 10.2. The number of fused-ring (bicyclic) bond motifs is 1. The van der Waals surface area contributed by atoms with Gasteiger partial charge in [-0.2, -0.15) is 0 Å². The third-order valence-corrected chi connectivity index (χ3v) is 3.48. The van der Waals surface area contributed by atoms with E-state index in [-0.39, 0.29) is 11.4 Å². The number of aryl methyl sites for hydroxylation is 2. The van der Waals surface area contributed by atoms with Gasteiger partial charge in [0.05, 0.1) is 0 Å². The Balaban J connectivity index is 1.97. The molecular formula is C16H15N5O2. The predicted molar refractivity (Wildman–Crippen MR) is 86.4 cm³/mol. The van der Waals surface area contributed by atoms with Crippen molar-refractivity contribution in [2.75, 3.05) is 5.32 Å². The Bertz CT molecular complexity index is 930. The number of hydrogen-bond donors (Lipinski definition) is 3. The summed E-state index contributed by atoms with van der Waals surface area (Å²) in [6.07, 6.45) is 2.58. The summed E-state index contributed by atoms with van der Waals surface area (Å²) in [6, 6.07) is 6.41. The maximum atomic E-state index is 12.4. The maximum Gasteiger partial charge on any atom is 0.278 e. The van der Waals surface area contributed by atoms with Crippen LogP contribution in [0.1, 0.15) is 27.4 Å². The van der Waals surface area contributed by atoms with Gasteiger partial charge in [-0.1, -0.05) is 0 Å². The zero-order chi connectivity index (χ0) is 16.6. The molecule has 2 aromatic heterocycles. The Morgan fingerprint density at radius 2 is 2.13 bits per heavy atom. The van der Waals surface area contributed by atoms with E-state index < -0.39 is 5.91 Å². The lowest BCUT2D eigenvalue weighted by Crippen LogP contribution is -2.13. The second-order valence-corrected chi connectivity index (χ2v) is 5.20. The highest BCUT2D eigenvalue weighted by atomic mass is 16.3. The van der Waals surface area contributed by atoms with Gasteiger partial charge >= 0.3 is 0 Å². The van der Waals surface area contributed by atoms with E-state index in [0.717, 1.165) is 17.6 Å². The number of benzene rings is 1. The smallest absolute Gasteiger partial charge is 0.278 e. The number of imidazole rings is 1. The van der Waals surface area contributed by atoms with Crippen LogP contribution in [0.4, 0.5) is 5.69 Å². The van der Waals surface area contributed by atoms with Gasteiger partial charge in [-0.25, -0.2) is 9.97 Å². The number of nitrogens with one attached hydrogen (secondary N) is 2. The molecule has 0 aliphatic heterocycles. The molecule has 0 saturated carbocycles. The predicted octanol–water partition coefficient (Wildman–Crippen LogP) is 2.30. The molecule has 0 saturated heterocycles. The Hall–Kier alpha value is -3.22. The number of carbonyl (C=O) groups is 1. The van der Waals surface area contributed by atoms with Crippen molar-refractivity contribution in [2.24, 2.45) is 0 Å². The summed E-state index contributed by atoms with van der Waals surface area (Å²) in [5.74, 6) is -0.412. The van der Waals surface area contributed by atoms with Gasteiger partial charge in [-0.15, -0.1) is 0 Å². The fourth-order valence-corrected chi connectivity index (χ4v) is 2.38. The molecule has 0 unspecified atom stereocenters. The monoisotopic (exact) mass is 309 g/mol. The van der Waals surface area contributed by atoms with Gasteiger partial charge in [0, 0.05) is 28.9 Å². The van der Waals surface area contributed by atoms with E-state index in [0.29, 0.717) is 16.9 Å². The Morgan fingerprint density at radius 1 is 1.35 bits per heavy atom. The molecule has 116 valence electrons. The topological polar surface area (TPSA) is 103 Å². The summed E-state index contributed by atoms with van der Waals surface area (Å²) in [5.41, 5.74) is 3.25. The van der Waals surface area contributed by atoms with Gasteiger partial charge in [-0.05, 0) is 38.1 Å². The highest BCUT2D eigenvalue weighted by Crippen LogP contribution is 2.20. The van der Waals surface area contributed by atoms with E-state index in [9.17, 15) is 9.90 Å². The molecule has 0 spiro atoms. The van der Waals surface area contributed by atoms with Crippen molar-refractivity contribution >= 4 is 23.5 Å². The van der Waals surface area contributed by atoms with E-state index >= 15 is 0 Å². The molecule has 0 aliphatic rings. The summed E-state index contributed by atoms with van der Waals surface area (Å²) in [6.45, 7) is 3.78. The van der Waals surface area contributed by atoms with Crippen LogP contribution >= 0.6 is 0 Å². The molecule has 3 rings (SSSR count). The molecule has 7 nitrogen and oxygen atoms in total. The zero-order valence-corrected chi connectivity index (χ0v) is 12.7. The molecule has 2 heterocycles. The van der Waals surface area contributed by atoms with Crippen LogP contribution in [0, 0.1) is 19.3 Å². The number of hydrogen-bond acceptors (Lipinski definition) is 5. The fourth-order valence-electron chi connectivity index (χ4n) is 2.38. The number of phenols is 1. The van der Waals surface area contributed by atoms with Crippen molar-refractivity contribution in [3.8, 4) is 5.75 Å². The zero-order valence-electron chi connectivity index (χ0n) is 12.7. The van der Waals surface area contributed by atoms with Gasteiger partial charge in [0.1, 0.15) is 12.1 Å². The first-order valence-electron chi connectivity index (χ1n) is 6.95. The minimum absolute atomic E-state index is 0.0154. The van der Waals surface area contributed by atoms with Crippen LogP contribution in [0.2, 0.25) is 0 Å². The number of anilines is 1. The summed E-state index contributed by atoms with van der Waals surface area (Å²) in [5, 5.41) is 19.5. The van der Waals surface area contributed by atoms with Crippen LogP contribution in [0.3, 0.4) is 0 Å². The minimum Gasteiger partial charge on any atom is -0.507 e. The summed E-state index contributed by atoms with van der Waals surface area (Å²) < 4.78 is 1.75. The Kier molecular flexibility index (Phi) is 3.53. The van der Waals surface area contributed by atoms with Crippen molar-refractivity contribution in [3.05, 3.63) is 53.2 Å². The van der Waals surface area contributed by atoms with Gasteiger partial charge in [-0.3, -0.25) is 9.20 Å². The third-order valence-electron chi connectivity index (χ3n) is 3.48. The number of amides is 1. The molecule has 0 aliphatic carbocycles. The first kappa shape index (κ1) is 14.7.